The summed E-state index contributed by atoms with van der Waals surface area (Å²) in [6, 6.07) is 0. The molecule has 5 heteroatoms. The van der Waals surface area contributed by atoms with Gasteiger partial charge in [0.1, 0.15) is 5.60 Å². The summed E-state index contributed by atoms with van der Waals surface area (Å²) in [4.78, 5) is 11.4. The van der Waals surface area contributed by atoms with E-state index in [1.54, 1.807) is 0 Å². The van der Waals surface area contributed by atoms with Crippen molar-refractivity contribution in [3.8, 4) is 0 Å². The first-order valence-corrected chi connectivity index (χ1v) is 5.78. The Balaban J connectivity index is 2.30. The molecule has 0 aromatic rings. The Bertz CT molecular complexity index is 242. The van der Waals surface area contributed by atoms with Gasteiger partial charge in [0, 0.05) is 12.1 Å². The minimum Gasteiger partial charge on any atom is -0.443 e. The summed E-state index contributed by atoms with van der Waals surface area (Å²) in [6.07, 6.45) is 1.72. The molecule has 94 valence electrons. The first kappa shape index (κ1) is 13.3. The molecule has 0 spiro atoms. The van der Waals surface area contributed by atoms with Gasteiger partial charge in [-0.15, -0.1) is 0 Å². The van der Waals surface area contributed by atoms with Crippen LogP contribution in [0.5, 0.6) is 0 Å². The van der Waals surface area contributed by atoms with E-state index in [4.69, 9.17) is 4.74 Å². The summed E-state index contributed by atoms with van der Waals surface area (Å²) in [5.41, 5.74) is 5.08. The van der Waals surface area contributed by atoms with Crippen LogP contribution in [0.2, 0.25) is 0 Å². The van der Waals surface area contributed by atoms with Gasteiger partial charge in [-0.25, -0.2) is 10.2 Å². The van der Waals surface area contributed by atoms with Gasteiger partial charge < -0.3 is 10.1 Å². The minimum atomic E-state index is -0.461. The molecule has 1 unspecified atom stereocenters. The monoisotopic (exact) mass is 229 g/mol. The van der Waals surface area contributed by atoms with Crippen LogP contribution in [0.15, 0.2) is 0 Å². The van der Waals surface area contributed by atoms with E-state index in [2.05, 4.69) is 23.1 Å². The number of piperidine rings is 1. The van der Waals surface area contributed by atoms with E-state index in [0.717, 1.165) is 25.9 Å². The van der Waals surface area contributed by atoms with Crippen LogP contribution in [0, 0.1) is 0 Å². The number of carbonyl (C=O) groups is 1. The standard InChI is InChI=1S/C11H23N3O2/c1-10(2,3)16-9(15)13-14-11(4)6-5-7-12-8-11/h12,14H,5-8H2,1-4H3,(H,13,15). The zero-order valence-corrected chi connectivity index (χ0v) is 10.6. The normalized spacial score (nSPS) is 26.2. The predicted molar refractivity (Wildman–Crippen MR) is 63.0 cm³/mol. The van der Waals surface area contributed by atoms with Gasteiger partial charge in [0.2, 0.25) is 0 Å². The van der Waals surface area contributed by atoms with Crippen molar-refractivity contribution in [2.45, 2.75) is 51.7 Å². The number of carbonyl (C=O) groups excluding carboxylic acids is 1. The summed E-state index contributed by atoms with van der Waals surface area (Å²) in [7, 11) is 0. The Morgan fingerprint density at radius 3 is 2.62 bits per heavy atom. The van der Waals surface area contributed by atoms with Crippen molar-refractivity contribution < 1.29 is 9.53 Å². The molecule has 16 heavy (non-hydrogen) atoms. The quantitative estimate of drug-likeness (QED) is 0.622. The van der Waals surface area contributed by atoms with E-state index < -0.39 is 11.7 Å². The topological polar surface area (TPSA) is 62.4 Å². The van der Waals surface area contributed by atoms with Crippen molar-refractivity contribution in [2.24, 2.45) is 0 Å². The van der Waals surface area contributed by atoms with Crippen LogP contribution < -0.4 is 16.2 Å². The molecule has 1 rings (SSSR count). The highest BCUT2D eigenvalue weighted by Gasteiger charge is 2.27. The Labute approximate surface area is 97.3 Å². The fraction of sp³-hybridized carbons (Fsp3) is 0.909. The number of rotatable bonds is 2. The molecule has 1 heterocycles. The van der Waals surface area contributed by atoms with Crippen molar-refractivity contribution in [2.75, 3.05) is 13.1 Å². The van der Waals surface area contributed by atoms with Gasteiger partial charge >= 0.3 is 6.09 Å². The van der Waals surface area contributed by atoms with E-state index in [0.29, 0.717) is 0 Å². The van der Waals surface area contributed by atoms with Crippen LogP contribution >= 0.6 is 0 Å². The molecule has 3 N–H and O–H groups in total. The molecular formula is C11H23N3O2. The van der Waals surface area contributed by atoms with Gasteiger partial charge in [-0.3, -0.25) is 5.43 Å². The number of hydrogen-bond acceptors (Lipinski definition) is 4. The summed E-state index contributed by atoms with van der Waals surface area (Å²) >= 11 is 0. The molecule has 0 radical (unpaired) electrons. The maximum absolute atomic E-state index is 11.4. The van der Waals surface area contributed by atoms with E-state index in [9.17, 15) is 4.79 Å². The molecule has 1 amide bonds. The number of nitrogens with one attached hydrogen (secondary N) is 3. The van der Waals surface area contributed by atoms with E-state index in [-0.39, 0.29) is 5.54 Å². The average Bonchev–Trinajstić information content (AvgIpc) is 2.14. The smallest absolute Gasteiger partial charge is 0.422 e. The second-order valence-corrected chi connectivity index (χ2v) is 5.59. The zero-order chi connectivity index (χ0) is 12.2. The van der Waals surface area contributed by atoms with E-state index >= 15 is 0 Å². The number of ether oxygens (including phenoxy) is 1. The van der Waals surface area contributed by atoms with E-state index in [1.165, 1.54) is 0 Å². The van der Waals surface area contributed by atoms with Crippen LogP contribution in [-0.2, 0) is 4.74 Å². The highest BCUT2D eigenvalue weighted by Crippen LogP contribution is 2.14. The van der Waals surface area contributed by atoms with Gasteiger partial charge in [-0.1, -0.05) is 0 Å². The number of hydrogen-bond donors (Lipinski definition) is 3. The van der Waals surface area contributed by atoms with Gasteiger partial charge in [0.25, 0.3) is 0 Å². The summed E-state index contributed by atoms with van der Waals surface area (Å²) in [5, 5.41) is 3.29. The van der Waals surface area contributed by atoms with Gasteiger partial charge in [0.05, 0.1) is 0 Å². The Morgan fingerprint density at radius 2 is 2.12 bits per heavy atom. The van der Waals surface area contributed by atoms with Crippen molar-refractivity contribution in [3.05, 3.63) is 0 Å². The van der Waals surface area contributed by atoms with Crippen LogP contribution in [0.4, 0.5) is 4.79 Å². The lowest BCUT2D eigenvalue weighted by Crippen LogP contribution is -2.59. The van der Waals surface area contributed by atoms with Gasteiger partial charge in [-0.2, -0.15) is 0 Å². The second kappa shape index (κ2) is 5.01. The average molecular weight is 229 g/mol. The molecule has 0 aliphatic carbocycles. The number of hydrazine groups is 1. The lowest BCUT2D eigenvalue weighted by atomic mass is 9.93. The predicted octanol–water partition coefficient (Wildman–Crippen LogP) is 1.16. The van der Waals surface area contributed by atoms with Crippen molar-refractivity contribution >= 4 is 6.09 Å². The largest absolute Gasteiger partial charge is 0.443 e. The van der Waals surface area contributed by atoms with Crippen LogP contribution in [0.3, 0.4) is 0 Å². The molecule has 1 fully saturated rings. The number of amides is 1. The first-order chi connectivity index (χ1) is 7.31. The Morgan fingerprint density at radius 1 is 1.44 bits per heavy atom. The maximum Gasteiger partial charge on any atom is 0.422 e. The molecule has 0 aromatic carbocycles. The third-order valence-corrected chi connectivity index (χ3v) is 2.46. The Hall–Kier alpha value is -0.810. The minimum absolute atomic E-state index is 0.0881. The molecule has 1 atom stereocenters. The summed E-state index contributed by atoms with van der Waals surface area (Å²) in [6.45, 7) is 9.51. The third kappa shape index (κ3) is 4.81. The molecule has 5 nitrogen and oxygen atoms in total. The molecular weight excluding hydrogens is 206 g/mol. The SMILES string of the molecule is CC1(NNC(=O)OC(C)(C)C)CCCNC1. The molecule has 0 bridgehead atoms. The lowest BCUT2D eigenvalue weighted by Gasteiger charge is -2.35. The highest BCUT2D eigenvalue weighted by molar-refractivity contribution is 5.67. The van der Waals surface area contributed by atoms with Gasteiger partial charge in [0.15, 0.2) is 0 Å². The molecule has 1 saturated heterocycles. The molecule has 0 aromatic heterocycles. The van der Waals surface area contributed by atoms with Crippen LogP contribution in [0.25, 0.3) is 0 Å². The fourth-order valence-electron chi connectivity index (χ4n) is 1.67. The van der Waals surface area contributed by atoms with Crippen molar-refractivity contribution in [3.63, 3.8) is 0 Å². The summed E-state index contributed by atoms with van der Waals surface area (Å²) in [5.74, 6) is 0. The molecule has 1 aliphatic heterocycles. The van der Waals surface area contributed by atoms with Crippen LogP contribution in [-0.4, -0.2) is 30.3 Å². The lowest BCUT2D eigenvalue weighted by molar-refractivity contribution is 0.0458. The van der Waals surface area contributed by atoms with Gasteiger partial charge in [-0.05, 0) is 47.1 Å². The maximum atomic E-state index is 11.4. The van der Waals surface area contributed by atoms with Crippen molar-refractivity contribution in [1.29, 1.82) is 0 Å². The zero-order valence-electron chi connectivity index (χ0n) is 10.6. The van der Waals surface area contributed by atoms with Crippen LogP contribution in [0.1, 0.15) is 40.5 Å². The first-order valence-electron chi connectivity index (χ1n) is 5.78. The highest BCUT2D eigenvalue weighted by atomic mass is 16.6. The molecule has 0 saturated carbocycles. The fourth-order valence-corrected chi connectivity index (χ4v) is 1.67. The third-order valence-electron chi connectivity index (χ3n) is 2.46. The molecule has 1 aliphatic rings. The van der Waals surface area contributed by atoms with Crippen molar-refractivity contribution in [1.82, 2.24) is 16.2 Å². The van der Waals surface area contributed by atoms with E-state index in [1.807, 2.05) is 20.8 Å². The second-order valence-electron chi connectivity index (χ2n) is 5.59. The summed E-state index contributed by atoms with van der Waals surface area (Å²) < 4.78 is 5.14. The Kier molecular flexibility index (Phi) is 4.15.